The van der Waals surface area contributed by atoms with Gasteiger partial charge in [0, 0.05) is 41.4 Å². The van der Waals surface area contributed by atoms with Crippen LogP contribution in [0.15, 0.2) is 76.9 Å². The molecule has 0 radical (unpaired) electrons. The Labute approximate surface area is 249 Å². The van der Waals surface area contributed by atoms with Gasteiger partial charge in [-0.25, -0.2) is 0 Å². The van der Waals surface area contributed by atoms with Crippen LogP contribution >= 0.6 is 0 Å². The molecule has 0 spiro atoms. The molecule has 2 fully saturated rings. The average molecular weight is 581 g/mol. The van der Waals surface area contributed by atoms with Gasteiger partial charge in [0.15, 0.2) is 23.1 Å². The molecule has 2 aromatic carbocycles. The lowest BCUT2D eigenvalue weighted by atomic mass is 9.59. The van der Waals surface area contributed by atoms with E-state index in [-0.39, 0.29) is 41.3 Å². The lowest BCUT2D eigenvalue weighted by Crippen LogP contribution is -2.39. The van der Waals surface area contributed by atoms with E-state index in [1.807, 2.05) is 30.3 Å². The number of Topliss-reactive ketones (excluding diaryl/α,β-unsaturated/α-hetero) is 1. The summed E-state index contributed by atoms with van der Waals surface area (Å²) in [6, 6.07) is 12.4. The van der Waals surface area contributed by atoms with Crippen LogP contribution in [0.5, 0.6) is 11.5 Å². The first-order valence-corrected chi connectivity index (χ1v) is 14.7. The Morgan fingerprint density at radius 1 is 0.930 bits per heavy atom. The lowest BCUT2D eigenvalue weighted by molar-refractivity contribution is -0.123. The number of imide groups is 1. The van der Waals surface area contributed by atoms with E-state index in [9.17, 15) is 24.3 Å². The van der Waals surface area contributed by atoms with Crippen LogP contribution in [0.25, 0.3) is 0 Å². The smallest absolute Gasteiger partial charge is 0.238 e. The molecule has 2 aliphatic heterocycles. The first-order valence-electron chi connectivity index (χ1n) is 14.7. The number of carbonyl (C=O) groups excluding carboxylic acids is 4. The average Bonchev–Trinajstić information content (AvgIpc) is 3.29. The highest BCUT2D eigenvalue weighted by Gasteiger charge is 2.56. The molecule has 220 valence electrons. The molecule has 4 atom stereocenters. The van der Waals surface area contributed by atoms with Crippen molar-refractivity contribution < 1.29 is 33.8 Å². The maximum atomic E-state index is 14.2. The van der Waals surface area contributed by atoms with Gasteiger partial charge < -0.3 is 19.5 Å². The van der Waals surface area contributed by atoms with Gasteiger partial charge in [0.1, 0.15) is 0 Å². The predicted octanol–water partition coefficient (Wildman–Crippen LogP) is 3.87. The second-order valence-electron chi connectivity index (χ2n) is 11.8. The Balaban J connectivity index is 1.27. The summed E-state index contributed by atoms with van der Waals surface area (Å²) in [7, 11) is 1.45. The van der Waals surface area contributed by atoms with Gasteiger partial charge in [-0.2, -0.15) is 0 Å². The van der Waals surface area contributed by atoms with Crippen molar-refractivity contribution in [3.05, 3.63) is 82.5 Å². The minimum Gasteiger partial charge on any atom is -0.504 e. The van der Waals surface area contributed by atoms with E-state index in [0.29, 0.717) is 47.6 Å². The van der Waals surface area contributed by atoms with E-state index in [1.54, 1.807) is 19.1 Å². The Hall–Kier alpha value is -4.50. The zero-order valence-electron chi connectivity index (χ0n) is 24.0. The van der Waals surface area contributed by atoms with Gasteiger partial charge in [-0.3, -0.25) is 24.1 Å². The third-order valence-corrected chi connectivity index (χ3v) is 9.59. The molecule has 9 heteroatoms. The van der Waals surface area contributed by atoms with Crippen molar-refractivity contribution in [2.24, 2.45) is 17.8 Å². The highest BCUT2D eigenvalue weighted by Crippen LogP contribution is 2.56. The summed E-state index contributed by atoms with van der Waals surface area (Å²) in [6.07, 6.45) is 3.93. The summed E-state index contributed by atoms with van der Waals surface area (Å²) in [4.78, 5) is 58.4. The van der Waals surface area contributed by atoms with Crippen LogP contribution in [0.4, 0.5) is 11.4 Å². The fourth-order valence-electron chi connectivity index (χ4n) is 7.50. The van der Waals surface area contributed by atoms with Crippen molar-refractivity contribution in [1.82, 2.24) is 0 Å². The summed E-state index contributed by atoms with van der Waals surface area (Å²) in [6.45, 7) is 4.51. The number of benzene rings is 2. The van der Waals surface area contributed by atoms with Gasteiger partial charge in [-0.05, 0) is 73.7 Å². The summed E-state index contributed by atoms with van der Waals surface area (Å²) in [5.41, 5.74) is 4.24. The maximum Gasteiger partial charge on any atom is 0.238 e. The standard InChI is InChI=1S/C34H32N2O7/c1-18-15-27(38)25-17-24-22(29(31(25)32(18)39)19-3-10-26(37)28(16-19)42-2)8-9-23-30(24)34(41)36(33(23)40)21-6-4-20(5-7-21)35-11-13-43-14-12-35/h3-8,10,15-16,23-24,29-30,37H,9,11-14,17H2,1-2H3. The number of rotatable bonds is 4. The number of fused-ring (bicyclic) bond motifs is 3. The molecule has 0 saturated carbocycles. The van der Waals surface area contributed by atoms with E-state index in [4.69, 9.17) is 9.47 Å². The number of methoxy groups -OCH3 is 1. The molecule has 2 amide bonds. The molecule has 3 aliphatic carbocycles. The molecule has 2 aromatic rings. The first kappa shape index (κ1) is 27.3. The van der Waals surface area contributed by atoms with Crippen LogP contribution in [0.3, 0.4) is 0 Å². The molecule has 0 aromatic heterocycles. The molecule has 9 nitrogen and oxygen atoms in total. The van der Waals surface area contributed by atoms with Crippen molar-refractivity contribution in [1.29, 1.82) is 0 Å². The highest BCUT2D eigenvalue weighted by atomic mass is 16.5. The topological polar surface area (TPSA) is 113 Å². The number of phenolic OH excluding ortho intramolecular Hbond substituents is 1. The molecule has 2 heterocycles. The van der Waals surface area contributed by atoms with Crippen molar-refractivity contribution >= 4 is 34.8 Å². The maximum absolute atomic E-state index is 14.2. The van der Waals surface area contributed by atoms with Crippen LogP contribution < -0.4 is 14.5 Å². The van der Waals surface area contributed by atoms with Crippen LogP contribution in [-0.2, 0) is 23.9 Å². The third kappa shape index (κ3) is 4.25. The second kappa shape index (κ2) is 10.3. The molecule has 2 saturated heterocycles. The van der Waals surface area contributed by atoms with Gasteiger partial charge in [0.2, 0.25) is 11.8 Å². The van der Waals surface area contributed by atoms with Gasteiger partial charge in [0.25, 0.3) is 0 Å². The molecule has 5 aliphatic rings. The summed E-state index contributed by atoms with van der Waals surface area (Å²) in [5.74, 6) is -3.00. The monoisotopic (exact) mass is 580 g/mol. The van der Waals surface area contributed by atoms with E-state index in [1.165, 1.54) is 24.2 Å². The Morgan fingerprint density at radius 2 is 1.65 bits per heavy atom. The number of hydrogen-bond donors (Lipinski definition) is 1. The number of amides is 2. The van der Waals surface area contributed by atoms with Crippen LogP contribution in [0.1, 0.15) is 31.2 Å². The molecular weight excluding hydrogens is 548 g/mol. The van der Waals surface area contributed by atoms with E-state index in [2.05, 4.69) is 4.90 Å². The number of nitrogens with zero attached hydrogens (tertiary/aromatic N) is 2. The molecular formula is C34H32N2O7. The normalized spacial score (nSPS) is 27.0. The number of hydrogen-bond acceptors (Lipinski definition) is 8. The van der Waals surface area contributed by atoms with Gasteiger partial charge in [-0.15, -0.1) is 0 Å². The lowest BCUT2D eigenvalue weighted by Gasteiger charge is -2.42. The zero-order valence-corrected chi connectivity index (χ0v) is 24.0. The minimum absolute atomic E-state index is 0.0422. The highest BCUT2D eigenvalue weighted by molar-refractivity contribution is 6.25. The number of ether oxygens (including phenoxy) is 2. The van der Waals surface area contributed by atoms with Crippen LogP contribution in [-0.4, -0.2) is 61.9 Å². The van der Waals surface area contributed by atoms with E-state index < -0.39 is 23.7 Å². The molecule has 4 unspecified atom stereocenters. The SMILES string of the molecule is COc1cc(C2C3=CCC4C(=O)N(c5ccc(N6CCOCC6)cc5)C(=O)C4C3CC3=C2C(=O)C(C)=CC3=O)ccc1O. The quantitative estimate of drug-likeness (QED) is 0.330. The van der Waals surface area contributed by atoms with Crippen molar-refractivity contribution in [3.63, 3.8) is 0 Å². The van der Waals surface area contributed by atoms with E-state index in [0.717, 1.165) is 24.4 Å². The van der Waals surface area contributed by atoms with Gasteiger partial charge in [-0.1, -0.05) is 17.7 Å². The fraction of sp³-hybridized carbons (Fsp3) is 0.353. The Bertz CT molecular complexity index is 1660. The van der Waals surface area contributed by atoms with Gasteiger partial charge >= 0.3 is 0 Å². The third-order valence-electron chi connectivity index (χ3n) is 9.59. The number of phenols is 1. The largest absolute Gasteiger partial charge is 0.504 e. The summed E-state index contributed by atoms with van der Waals surface area (Å²) < 4.78 is 10.8. The summed E-state index contributed by atoms with van der Waals surface area (Å²) in [5, 5.41) is 10.3. The fourth-order valence-corrected chi connectivity index (χ4v) is 7.50. The Morgan fingerprint density at radius 3 is 2.37 bits per heavy atom. The molecule has 7 rings (SSSR count). The van der Waals surface area contributed by atoms with Gasteiger partial charge in [0.05, 0.1) is 37.8 Å². The van der Waals surface area contributed by atoms with Crippen molar-refractivity contribution in [2.75, 3.05) is 43.2 Å². The number of aromatic hydroxyl groups is 1. The number of morpholine rings is 1. The predicted molar refractivity (Wildman–Crippen MR) is 158 cm³/mol. The molecule has 0 bridgehead atoms. The first-order chi connectivity index (χ1) is 20.8. The number of carbonyl (C=O) groups is 4. The Kier molecular flexibility index (Phi) is 6.58. The number of anilines is 2. The summed E-state index contributed by atoms with van der Waals surface area (Å²) >= 11 is 0. The number of allylic oxidation sites excluding steroid dienone is 6. The number of ketones is 2. The van der Waals surface area contributed by atoms with Crippen LogP contribution in [0, 0.1) is 17.8 Å². The zero-order chi connectivity index (χ0) is 30.0. The minimum atomic E-state index is -0.656. The molecule has 1 N–H and O–H groups in total. The van der Waals surface area contributed by atoms with Crippen molar-refractivity contribution in [2.45, 2.75) is 25.7 Å². The van der Waals surface area contributed by atoms with E-state index >= 15 is 0 Å². The second-order valence-corrected chi connectivity index (χ2v) is 11.8. The molecule has 43 heavy (non-hydrogen) atoms. The van der Waals surface area contributed by atoms with Crippen LogP contribution in [0.2, 0.25) is 0 Å². The van der Waals surface area contributed by atoms with Crippen molar-refractivity contribution in [3.8, 4) is 11.5 Å².